The zero-order valence-electron chi connectivity index (χ0n) is 13.2. The van der Waals surface area contributed by atoms with E-state index in [4.69, 9.17) is 0 Å². The summed E-state index contributed by atoms with van der Waals surface area (Å²) >= 11 is 0. The van der Waals surface area contributed by atoms with Gasteiger partial charge < -0.3 is 9.47 Å². The topological polar surface area (TPSA) is 56.0 Å². The van der Waals surface area contributed by atoms with E-state index in [1.807, 2.05) is 37.9 Å². The monoisotopic (exact) mass is 289 g/mol. The molecule has 21 heavy (non-hydrogen) atoms. The van der Waals surface area contributed by atoms with E-state index in [0.717, 1.165) is 12.2 Å². The minimum absolute atomic E-state index is 0.0424. The zero-order valence-corrected chi connectivity index (χ0v) is 13.2. The molecule has 6 heteroatoms. The highest BCUT2D eigenvalue weighted by Gasteiger charge is 2.19. The van der Waals surface area contributed by atoms with Crippen LogP contribution in [0.25, 0.3) is 0 Å². The number of imidazole rings is 1. The van der Waals surface area contributed by atoms with E-state index >= 15 is 0 Å². The van der Waals surface area contributed by atoms with Gasteiger partial charge in [-0.25, -0.2) is 4.98 Å². The number of hydrogen-bond acceptors (Lipinski definition) is 3. The molecule has 0 aliphatic heterocycles. The number of rotatable bonds is 6. The summed E-state index contributed by atoms with van der Waals surface area (Å²) in [6.07, 6.45) is 6.39. The summed E-state index contributed by atoms with van der Waals surface area (Å²) in [5.74, 6) is 0.833. The second-order valence-electron chi connectivity index (χ2n) is 5.46. The van der Waals surface area contributed by atoms with Crippen LogP contribution in [0, 0.1) is 0 Å². The minimum atomic E-state index is -0.0424. The number of carbonyl (C=O) groups excluding carboxylic acids is 1. The van der Waals surface area contributed by atoms with Crippen LogP contribution in [0.2, 0.25) is 0 Å². The van der Waals surface area contributed by atoms with Gasteiger partial charge in [0.05, 0.1) is 6.54 Å². The smallest absolute Gasteiger partial charge is 0.274 e. The quantitative estimate of drug-likeness (QED) is 0.819. The summed E-state index contributed by atoms with van der Waals surface area (Å²) in [6, 6.07) is 2.03. The third-order valence-electron chi connectivity index (χ3n) is 3.39. The van der Waals surface area contributed by atoms with Gasteiger partial charge in [0.2, 0.25) is 0 Å². The zero-order chi connectivity index (χ0) is 15.4. The largest absolute Gasteiger partial charge is 0.337 e. The fraction of sp³-hybridized carbons (Fsp3) is 0.533. The maximum absolute atomic E-state index is 12.6. The Morgan fingerprint density at radius 3 is 2.67 bits per heavy atom. The van der Waals surface area contributed by atoms with Gasteiger partial charge in [-0.1, -0.05) is 6.92 Å². The Balaban J connectivity index is 2.16. The van der Waals surface area contributed by atoms with Gasteiger partial charge in [0, 0.05) is 38.2 Å². The van der Waals surface area contributed by atoms with E-state index in [0.29, 0.717) is 18.8 Å². The first kappa shape index (κ1) is 15.3. The molecule has 0 unspecified atom stereocenters. The van der Waals surface area contributed by atoms with Crippen molar-refractivity contribution in [3.05, 3.63) is 36.2 Å². The molecular formula is C15H23N5O. The van der Waals surface area contributed by atoms with Crippen molar-refractivity contribution in [2.75, 3.05) is 6.54 Å². The number of aryl methyl sites for hydroxylation is 1. The lowest BCUT2D eigenvalue weighted by Crippen LogP contribution is -2.32. The Labute approximate surface area is 125 Å². The van der Waals surface area contributed by atoms with Crippen molar-refractivity contribution in [3.8, 4) is 0 Å². The number of amides is 1. The van der Waals surface area contributed by atoms with Gasteiger partial charge >= 0.3 is 0 Å². The number of nitrogens with zero attached hydrogens (tertiary/aromatic N) is 5. The van der Waals surface area contributed by atoms with Crippen molar-refractivity contribution in [1.29, 1.82) is 0 Å². The molecule has 2 heterocycles. The average molecular weight is 289 g/mol. The Morgan fingerprint density at radius 2 is 2.14 bits per heavy atom. The first-order valence-corrected chi connectivity index (χ1v) is 7.33. The maximum Gasteiger partial charge on any atom is 0.274 e. The summed E-state index contributed by atoms with van der Waals surface area (Å²) in [7, 11) is 1.93. The normalized spacial score (nSPS) is 11.1. The van der Waals surface area contributed by atoms with Crippen LogP contribution in [0.3, 0.4) is 0 Å². The molecule has 0 atom stereocenters. The van der Waals surface area contributed by atoms with Crippen LogP contribution in [0.5, 0.6) is 0 Å². The highest BCUT2D eigenvalue weighted by molar-refractivity contribution is 5.92. The molecule has 6 nitrogen and oxygen atoms in total. The Morgan fingerprint density at radius 1 is 1.38 bits per heavy atom. The van der Waals surface area contributed by atoms with Crippen molar-refractivity contribution < 1.29 is 4.79 Å². The molecule has 0 aromatic carbocycles. The lowest BCUT2D eigenvalue weighted by atomic mass is 10.3. The fourth-order valence-electron chi connectivity index (χ4n) is 2.14. The molecule has 0 saturated carbocycles. The third-order valence-corrected chi connectivity index (χ3v) is 3.39. The van der Waals surface area contributed by atoms with Crippen LogP contribution >= 0.6 is 0 Å². The molecule has 0 spiro atoms. The van der Waals surface area contributed by atoms with Gasteiger partial charge in [-0.2, -0.15) is 5.10 Å². The Bertz CT molecular complexity index is 599. The SMILES string of the molecule is CCCN(Cc1nccn1C)C(=O)c1ccn(C(C)C)n1. The molecule has 1 amide bonds. The number of hydrogen-bond donors (Lipinski definition) is 0. The summed E-state index contributed by atoms with van der Waals surface area (Å²) in [6.45, 7) is 7.34. The van der Waals surface area contributed by atoms with E-state index in [2.05, 4.69) is 17.0 Å². The lowest BCUT2D eigenvalue weighted by molar-refractivity contribution is 0.0730. The molecule has 2 rings (SSSR count). The highest BCUT2D eigenvalue weighted by atomic mass is 16.2. The molecule has 0 fully saturated rings. The predicted molar refractivity (Wildman–Crippen MR) is 80.9 cm³/mol. The number of aromatic nitrogens is 4. The van der Waals surface area contributed by atoms with Crippen molar-refractivity contribution in [2.45, 2.75) is 39.8 Å². The summed E-state index contributed by atoms with van der Waals surface area (Å²) in [5, 5.41) is 4.36. The van der Waals surface area contributed by atoms with Crippen LogP contribution < -0.4 is 0 Å². The molecule has 114 valence electrons. The third kappa shape index (κ3) is 3.51. The van der Waals surface area contributed by atoms with Crippen LogP contribution in [-0.4, -0.2) is 36.7 Å². The second-order valence-corrected chi connectivity index (χ2v) is 5.46. The summed E-state index contributed by atoms with van der Waals surface area (Å²) in [5.41, 5.74) is 0.492. The first-order chi connectivity index (χ1) is 10.0. The van der Waals surface area contributed by atoms with Gasteiger partial charge in [0.25, 0.3) is 5.91 Å². The van der Waals surface area contributed by atoms with Crippen molar-refractivity contribution in [1.82, 2.24) is 24.2 Å². The Hall–Kier alpha value is -2.11. The first-order valence-electron chi connectivity index (χ1n) is 7.33. The van der Waals surface area contributed by atoms with E-state index < -0.39 is 0 Å². The van der Waals surface area contributed by atoms with Crippen LogP contribution in [0.1, 0.15) is 49.5 Å². The van der Waals surface area contributed by atoms with Gasteiger partial charge in [-0.3, -0.25) is 9.48 Å². The van der Waals surface area contributed by atoms with E-state index in [9.17, 15) is 4.79 Å². The number of carbonyl (C=O) groups is 1. The summed E-state index contributed by atoms with van der Waals surface area (Å²) in [4.78, 5) is 18.7. The Kier molecular flexibility index (Phi) is 4.77. The molecule has 0 bridgehead atoms. The van der Waals surface area contributed by atoms with Gasteiger partial charge in [0.15, 0.2) is 0 Å². The maximum atomic E-state index is 12.6. The predicted octanol–water partition coefficient (Wildman–Crippen LogP) is 2.25. The van der Waals surface area contributed by atoms with Gasteiger partial charge in [-0.15, -0.1) is 0 Å². The second kappa shape index (κ2) is 6.56. The lowest BCUT2D eigenvalue weighted by Gasteiger charge is -2.20. The van der Waals surface area contributed by atoms with E-state index in [-0.39, 0.29) is 11.9 Å². The molecule has 0 N–H and O–H groups in total. The van der Waals surface area contributed by atoms with Crippen LogP contribution in [0.15, 0.2) is 24.7 Å². The van der Waals surface area contributed by atoms with Crippen LogP contribution in [-0.2, 0) is 13.6 Å². The van der Waals surface area contributed by atoms with E-state index in [1.54, 1.807) is 21.8 Å². The molecule has 2 aromatic rings. The molecular weight excluding hydrogens is 266 g/mol. The molecule has 0 saturated heterocycles. The average Bonchev–Trinajstić information content (AvgIpc) is 3.07. The minimum Gasteiger partial charge on any atom is -0.337 e. The van der Waals surface area contributed by atoms with Gasteiger partial charge in [-0.05, 0) is 26.3 Å². The molecule has 0 aliphatic carbocycles. The molecule has 0 radical (unpaired) electrons. The van der Waals surface area contributed by atoms with Gasteiger partial charge in [0.1, 0.15) is 11.5 Å². The molecule has 0 aliphatic rings. The van der Waals surface area contributed by atoms with Crippen LogP contribution in [0.4, 0.5) is 0 Å². The van der Waals surface area contributed by atoms with Crippen molar-refractivity contribution in [2.24, 2.45) is 7.05 Å². The molecule has 2 aromatic heterocycles. The standard InChI is InChI=1S/C15H23N5O/c1-5-8-19(11-14-16-7-10-18(14)4)15(21)13-6-9-20(17-13)12(2)3/h6-7,9-10,12H,5,8,11H2,1-4H3. The van der Waals surface area contributed by atoms with E-state index in [1.165, 1.54) is 0 Å². The van der Waals surface area contributed by atoms with Crippen molar-refractivity contribution in [3.63, 3.8) is 0 Å². The fourth-order valence-corrected chi connectivity index (χ4v) is 2.14. The summed E-state index contributed by atoms with van der Waals surface area (Å²) < 4.78 is 3.74. The highest BCUT2D eigenvalue weighted by Crippen LogP contribution is 2.10. The van der Waals surface area contributed by atoms with Crippen molar-refractivity contribution >= 4 is 5.91 Å².